The summed E-state index contributed by atoms with van der Waals surface area (Å²) in [6.07, 6.45) is 4.68. The molecule has 1 aromatic rings. The van der Waals surface area contributed by atoms with Gasteiger partial charge in [-0.15, -0.1) is 0 Å². The normalized spacial score (nSPS) is 16.9. The van der Waals surface area contributed by atoms with E-state index in [-0.39, 0.29) is 16.9 Å². The molecule has 1 amide bonds. The zero-order valence-corrected chi connectivity index (χ0v) is 10.4. The number of nitrogen functional groups attached to an aromatic ring is 1. The number of nitrogens with zero attached hydrogens (tertiary/aromatic N) is 1. The molecule has 5 N–H and O–H groups in total. The Labute approximate surface area is 106 Å². The van der Waals surface area contributed by atoms with Crippen LogP contribution in [0.25, 0.3) is 0 Å². The molecule has 1 aromatic heterocycles. The van der Waals surface area contributed by atoms with Gasteiger partial charge in [0, 0.05) is 13.7 Å². The summed E-state index contributed by atoms with van der Waals surface area (Å²) in [5.74, 6) is 0.0318. The van der Waals surface area contributed by atoms with E-state index in [1.807, 2.05) is 0 Å². The molecule has 0 saturated heterocycles. The van der Waals surface area contributed by atoms with Crippen molar-refractivity contribution in [2.45, 2.75) is 24.9 Å². The zero-order chi connectivity index (χ0) is 13.2. The second kappa shape index (κ2) is 4.81. The number of primary amides is 1. The lowest BCUT2D eigenvalue weighted by atomic mass is 9.80. The van der Waals surface area contributed by atoms with E-state index in [1.54, 1.807) is 13.2 Å². The first-order chi connectivity index (χ1) is 8.56. The molecule has 0 aliphatic heterocycles. The Morgan fingerprint density at radius 1 is 1.61 bits per heavy atom. The predicted octanol–water partition coefficient (Wildman–Crippen LogP) is 0.744. The van der Waals surface area contributed by atoms with Crippen molar-refractivity contribution < 1.29 is 9.53 Å². The maximum absolute atomic E-state index is 11.2. The van der Waals surface area contributed by atoms with Crippen molar-refractivity contribution in [2.75, 3.05) is 24.7 Å². The lowest BCUT2D eigenvalue weighted by Gasteiger charge is -2.40. The van der Waals surface area contributed by atoms with Crippen LogP contribution in [0, 0.1) is 0 Å². The van der Waals surface area contributed by atoms with Crippen LogP contribution in [0.1, 0.15) is 29.6 Å². The molecule has 2 rings (SSSR count). The van der Waals surface area contributed by atoms with Gasteiger partial charge in [-0.25, -0.2) is 4.98 Å². The van der Waals surface area contributed by atoms with Gasteiger partial charge in [-0.05, 0) is 25.3 Å². The van der Waals surface area contributed by atoms with Gasteiger partial charge in [-0.3, -0.25) is 4.79 Å². The third-order valence-electron chi connectivity index (χ3n) is 3.49. The number of ether oxygens (including phenoxy) is 1. The molecular weight excluding hydrogens is 232 g/mol. The van der Waals surface area contributed by atoms with Gasteiger partial charge in [0.1, 0.15) is 5.82 Å². The minimum atomic E-state index is -0.553. The lowest BCUT2D eigenvalue weighted by Crippen LogP contribution is -2.45. The number of rotatable bonds is 5. The molecule has 98 valence electrons. The molecule has 1 fully saturated rings. The van der Waals surface area contributed by atoms with Crippen molar-refractivity contribution >= 4 is 17.4 Å². The Balaban J connectivity index is 2.06. The number of carbonyl (C=O) groups excluding carboxylic acids is 1. The van der Waals surface area contributed by atoms with Crippen LogP contribution in [0.2, 0.25) is 0 Å². The smallest absolute Gasteiger partial charge is 0.250 e. The molecule has 18 heavy (non-hydrogen) atoms. The first-order valence-electron chi connectivity index (χ1n) is 5.91. The van der Waals surface area contributed by atoms with Gasteiger partial charge < -0.3 is 21.5 Å². The van der Waals surface area contributed by atoms with Crippen molar-refractivity contribution in [2.24, 2.45) is 5.73 Å². The van der Waals surface area contributed by atoms with E-state index in [0.717, 1.165) is 12.8 Å². The minimum absolute atomic E-state index is 0.101. The highest BCUT2D eigenvalue weighted by Gasteiger charge is 2.36. The average Bonchev–Trinajstić information content (AvgIpc) is 2.30. The van der Waals surface area contributed by atoms with Gasteiger partial charge >= 0.3 is 0 Å². The monoisotopic (exact) mass is 250 g/mol. The number of methoxy groups -OCH3 is 1. The van der Waals surface area contributed by atoms with Gasteiger partial charge in [-0.2, -0.15) is 0 Å². The molecule has 6 heteroatoms. The molecule has 1 saturated carbocycles. The quantitative estimate of drug-likeness (QED) is 0.715. The summed E-state index contributed by atoms with van der Waals surface area (Å²) in [5.41, 5.74) is 11.3. The van der Waals surface area contributed by atoms with Crippen LogP contribution in [0.5, 0.6) is 0 Å². The molecule has 1 aliphatic carbocycles. The predicted molar refractivity (Wildman–Crippen MR) is 69.2 cm³/mol. The van der Waals surface area contributed by atoms with Crippen LogP contribution in [-0.2, 0) is 4.74 Å². The van der Waals surface area contributed by atoms with E-state index in [0.29, 0.717) is 12.4 Å². The van der Waals surface area contributed by atoms with Gasteiger partial charge in [0.25, 0.3) is 5.91 Å². The van der Waals surface area contributed by atoms with E-state index in [2.05, 4.69) is 10.3 Å². The number of aromatic nitrogens is 1. The number of nitrogens with two attached hydrogens (primary N) is 2. The first-order valence-corrected chi connectivity index (χ1v) is 5.91. The van der Waals surface area contributed by atoms with Gasteiger partial charge in [0.2, 0.25) is 0 Å². The van der Waals surface area contributed by atoms with E-state index in [9.17, 15) is 4.79 Å². The maximum Gasteiger partial charge on any atom is 0.250 e. The summed E-state index contributed by atoms with van der Waals surface area (Å²) >= 11 is 0. The highest BCUT2D eigenvalue weighted by molar-refractivity contribution is 5.98. The summed E-state index contributed by atoms with van der Waals surface area (Å²) in [7, 11) is 1.71. The summed E-state index contributed by atoms with van der Waals surface area (Å²) in [4.78, 5) is 15.3. The average molecular weight is 250 g/mol. The van der Waals surface area contributed by atoms with Crippen molar-refractivity contribution in [3.05, 3.63) is 17.8 Å². The maximum atomic E-state index is 11.2. The standard InChI is InChI=1S/C12H18N4O2/c1-18-12(3-2-4-12)7-16-10-5-8(11(14)17)9(13)6-15-10/h5-6H,2-4,7,13H2,1H3,(H2,14,17)(H,15,16). The van der Waals surface area contributed by atoms with Crippen molar-refractivity contribution in [1.82, 2.24) is 4.98 Å². The van der Waals surface area contributed by atoms with E-state index >= 15 is 0 Å². The fourth-order valence-corrected chi connectivity index (χ4v) is 2.05. The van der Waals surface area contributed by atoms with Crippen LogP contribution in [0.4, 0.5) is 11.5 Å². The molecule has 0 aromatic carbocycles. The third kappa shape index (κ3) is 2.38. The molecule has 1 heterocycles. The summed E-state index contributed by atoms with van der Waals surface area (Å²) in [6, 6.07) is 1.57. The van der Waals surface area contributed by atoms with Crippen molar-refractivity contribution in [1.29, 1.82) is 0 Å². The number of carbonyl (C=O) groups is 1. The first kappa shape index (κ1) is 12.6. The third-order valence-corrected chi connectivity index (χ3v) is 3.49. The molecule has 0 spiro atoms. The minimum Gasteiger partial charge on any atom is -0.397 e. The molecule has 1 aliphatic rings. The van der Waals surface area contributed by atoms with Crippen LogP contribution in [0.15, 0.2) is 12.3 Å². The molecular formula is C12H18N4O2. The topological polar surface area (TPSA) is 103 Å². The highest BCUT2D eigenvalue weighted by Crippen LogP contribution is 2.35. The Hall–Kier alpha value is -1.82. The largest absolute Gasteiger partial charge is 0.397 e. The molecule has 0 bridgehead atoms. The Morgan fingerprint density at radius 2 is 2.33 bits per heavy atom. The van der Waals surface area contributed by atoms with Gasteiger partial charge in [0.15, 0.2) is 0 Å². The van der Waals surface area contributed by atoms with E-state index < -0.39 is 5.91 Å². The Kier molecular flexibility index (Phi) is 3.38. The van der Waals surface area contributed by atoms with Crippen LogP contribution >= 0.6 is 0 Å². The summed E-state index contributed by atoms with van der Waals surface area (Å²) in [6.45, 7) is 0.665. The summed E-state index contributed by atoms with van der Waals surface area (Å²) in [5, 5.41) is 3.16. The van der Waals surface area contributed by atoms with Crippen LogP contribution < -0.4 is 16.8 Å². The zero-order valence-electron chi connectivity index (χ0n) is 10.4. The van der Waals surface area contributed by atoms with Gasteiger partial charge in [0.05, 0.1) is 23.0 Å². The molecule has 6 nitrogen and oxygen atoms in total. The highest BCUT2D eigenvalue weighted by atomic mass is 16.5. The number of hydrogen-bond donors (Lipinski definition) is 3. The molecule has 0 atom stereocenters. The van der Waals surface area contributed by atoms with Gasteiger partial charge in [-0.1, -0.05) is 0 Å². The fraction of sp³-hybridized carbons (Fsp3) is 0.500. The Bertz CT molecular complexity index is 452. The fourth-order valence-electron chi connectivity index (χ4n) is 2.05. The second-order valence-corrected chi connectivity index (χ2v) is 4.62. The lowest BCUT2D eigenvalue weighted by molar-refractivity contribution is -0.0601. The number of amides is 1. The van der Waals surface area contributed by atoms with Crippen LogP contribution in [0.3, 0.4) is 0 Å². The van der Waals surface area contributed by atoms with Crippen LogP contribution in [-0.4, -0.2) is 30.1 Å². The Morgan fingerprint density at radius 3 is 2.83 bits per heavy atom. The van der Waals surface area contributed by atoms with E-state index in [1.165, 1.54) is 12.6 Å². The number of pyridine rings is 1. The number of hydrogen-bond acceptors (Lipinski definition) is 5. The molecule has 0 radical (unpaired) electrons. The number of anilines is 2. The summed E-state index contributed by atoms with van der Waals surface area (Å²) < 4.78 is 5.49. The second-order valence-electron chi connectivity index (χ2n) is 4.62. The van der Waals surface area contributed by atoms with E-state index in [4.69, 9.17) is 16.2 Å². The van der Waals surface area contributed by atoms with Crippen molar-refractivity contribution in [3.8, 4) is 0 Å². The van der Waals surface area contributed by atoms with Crippen molar-refractivity contribution in [3.63, 3.8) is 0 Å². The number of nitrogens with one attached hydrogen (secondary N) is 1. The SMILES string of the molecule is COC1(CNc2cc(C(N)=O)c(N)cn2)CCC1. The molecule has 0 unspecified atom stereocenters.